The van der Waals surface area contributed by atoms with Gasteiger partial charge in [0.1, 0.15) is 6.10 Å². The summed E-state index contributed by atoms with van der Waals surface area (Å²) in [6.07, 6.45) is -0.283. The third-order valence-corrected chi connectivity index (χ3v) is 16.7. The van der Waals surface area contributed by atoms with Gasteiger partial charge in [0.25, 0.3) is 0 Å². The second kappa shape index (κ2) is 22.1. The van der Waals surface area contributed by atoms with E-state index >= 15 is 8.42 Å². The van der Waals surface area contributed by atoms with Crippen LogP contribution in [0.5, 0.6) is 23.0 Å². The highest BCUT2D eigenvalue weighted by molar-refractivity contribution is 7.89. The number of hydrogen-bond donors (Lipinski definition) is 3. The molecule has 0 bridgehead atoms. The lowest BCUT2D eigenvalue weighted by Gasteiger charge is -2.35. The van der Waals surface area contributed by atoms with Crippen LogP contribution in [-0.2, 0) is 47.1 Å². The van der Waals surface area contributed by atoms with Gasteiger partial charge in [-0.25, -0.2) is 21.6 Å². The number of carbonyl (C=O) groups excluding carboxylic acids is 1. The van der Waals surface area contributed by atoms with Gasteiger partial charge in [-0.05, 0) is 91.1 Å². The van der Waals surface area contributed by atoms with E-state index in [0.29, 0.717) is 61.6 Å². The molecule has 0 aliphatic carbocycles. The van der Waals surface area contributed by atoms with Crippen LogP contribution in [0, 0.1) is 34.0 Å². The minimum Gasteiger partial charge on any atom is -0.454 e. The molecule has 0 spiro atoms. The van der Waals surface area contributed by atoms with Crippen LogP contribution in [-0.4, -0.2) is 121 Å². The van der Waals surface area contributed by atoms with Crippen molar-refractivity contribution < 1.29 is 59.9 Å². The number of nitrogens with one attached hydrogen (secondary N) is 1. The van der Waals surface area contributed by atoms with E-state index in [9.17, 15) is 23.6 Å². The van der Waals surface area contributed by atoms with Gasteiger partial charge >= 0.3 is 6.09 Å². The van der Waals surface area contributed by atoms with Crippen molar-refractivity contribution in [1.82, 2.24) is 13.9 Å². The Hall–Kier alpha value is -4.72. The molecular formula is C49H67N5O13S2. The number of aliphatic hydroxyl groups excluding tert-OH is 1. The van der Waals surface area contributed by atoms with E-state index in [1.165, 1.54) is 32.9 Å². The molecule has 4 aliphatic rings. The molecule has 6 atom stereocenters. The molecule has 4 N–H and O–H groups in total. The van der Waals surface area contributed by atoms with Crippen LogP contribution in [0.15, 0.2) is 70.5 Å². The maximum Gasteiger partial charge on any atom is 0.407 e. The number of hydrogen-bond acceptors (Lipinski definition) is 15. The van der Waals surface area contributed by atoms with E-state index in [1.54, 1.807) is 6.07 Å². The summed E-state index contributed by atoms with van der Waals surface area (Å²) in [4.78, 5) is 13.5. The van der Waals surface area contributed by atoms with E-state index in [-0.39, 0.29) is 86.5 Å². The van der Waals surface area contributed by atoms with Crippen molar-refractivity contribution in [3.63, 3.8) is 0 Å². The molecule has 4 aliphatic heterocycles. The van der Waals surface area contributed by atoms with Gasteiger partial charge in [0.2, 0.25) is 33.6 Å². The zero-order valence-electron chi connectivity index (χ0n) is 40.1. The Morgan fingerprint density at radius 3 is 2.28 bits per heavy atom. The quantitative estimate of drug-likeness (QED) is 0.0996. The normalized spacial score (nSPS) is 20.1. The van der Waals surface area contributed by atoms with Crippen molar-refractivity contribution in [3.8, 4) is 29.1 Å². The van der Waals surface area contributed by atoms with Gasteiger partial charge in [0.15, 0.2) is 29.3 Å². The van der Waals surface area contributed by atoms with Gasteiger partial charge in [0.05, 0.1) is 47.1 Å². The molecule has 4 heterocycles. The maximum atomic E-state index is 15.2. The number of amides is 1. The molecule has 20 heteroatoms. The fourth-order valence-electron chi connectivity index (χ4n) is 9.42. The van der Waals surface area contributed by atoms with E-state index in [1.807, 2.05) is 65.0 Å². The number of ether oxygens (including phenoxy) is 7. The summed E-state index contributed by atoms with van der Waals surface area (Å²) in [5, 5.41) is 24.5. The van der Waals surface area contributed by atoms with Gasteiger partial charge in [-0.2, -0.15) is 13.9 Å². The summed E-state index contributed by atoms with van der Waals surface area (Å²) in [6, 6.07) is 17.8. The molecule has 18 nitrogen and oxygen atoms in total. The third kappa shape index (κ3) is 13.0. The molecule has 0 saturated carbocycles. The predicted molar refractivity (Wildman–Crippen MR) is 253 cm³/mol. The molecule has 1 amide bonds. The Labute approximate surface area is 406 Å². The summed E-state index contributed by atoms with van der Waals surface area (Å²) >= 11 is 0. The van der Waals surface area contributed by atoms with Crippen molar-refractivity contribution in [1.29, 1.82) is 5.26 Å². The van der Waals surface area contributed by atoms with Gasteiger partial charge in [0, 0.05) is 44.7 Å². The van der Waals surface area contributed by atoms with Gasteiger partial charge in [-0.3, -0.25) is 0 Å². The standard InChI is InChI=1S/C49H67N5O13S2/c1-33(26-53(29-48(2,3)16-9-18-50)68(57,58)36-13-14-41-42(24-36)64-31-63-41)21-35-23-37(25-43-45(35)66-32-65-43)69(59,60)54(30-49(4,5)17-10-19-51)27-40(55)39(22-34-11-7-6-8-12-34)52-47(56)67-44-28-62-46-38(44)15-20-61-46/h6-8,11-14,23-25,33,38-40,44,46,55H,9-10,15-18,20-22,26-32,50H2,1-5H3,(H,52,56)/t33?,38-,39-,40+,44-,46+/m0/s1. The average molecular weight is 998 g/mol. The van der Waals surface area contributed by atoms with E-state index < -0.39 is 68.1 Å². The first-order valence-corrected chi connectivity index (χ1v) is 26.5. The van der Waals surface area contributed by atoms with E-state index in [4.69, 9.17) is 38.9 Å². The predicted octanol–water partition coefficient (Wildman–Crippen LogP) is 5.56. The van der Waals surface area contributed by atoms with Crippen LogP contribution in [0.25, 0.3) is 0 Å². The van der Waals surface area contributed by atoms with Crippen LogP contribution >= 0.6 is 0 Å². The zero-order chi connectivity index (χ0) is 49.6. The fraction of sp³-hybridized carbons (Fsp3) is 0.592. The minimum absolute atomic E-state index is 0.00938. The Kier molecular flexibility index (Phi) is 16.7. The number of nitrogens with two attached hydrogens (primary N) is 1. The molecular weight excluding hydrogens is 931 g/mol. The van der Waals surface area contributed by atoms with Gasteiger partial charge < -0.3 is 49.3 Å². The third-order valence-electron chi connectivity index (χ3n) is 13.1. The van der Waals surface area contributed by atoms with Gasteiger partial charge in [-0.1, -0.05) is 65.0 Å². The van der Waals surface area contributed by atoms with Crippen LogP contribution in [0.4, 0.5) is 4.79 Å². The molecule has 1 unspecified atom stereocenters. The summed E-state index contributed by atoms with van der Waals surface area (Å²) in [5.41, 5.74) is 5.96. The summed E-state index contributed by atoms with van der Waals surface area (Å²) < 4.78 is 102. The lowest BCUT2D eigenvalue weighted by atomic mass is 9.87. The first-order chi connectivity index (χ1) is 32.8. The topological polar surface area (TPSA) is 239 Å². The number of sulfonamides is 2. The van der Waals surface area contributed by atoms with E-state index in [2.05, 4.69) is 11.4 Å². The Balaban J connectivity index is 1.17. The average Bonchev–Trinajstić information content (AvgIpc) is 4.14. The Morgan fingerprint density at radius 1 is 0.870 bits per heavy atom. The number of carbonyl (C=O) groups is 1. The molecule has 0 aromatic heterocycles. The Morgan fingerprint density at radius 2 is 1.54 bits per heavy atom. The first kappa shape index (κ1) is 52.1. The lowest BCUT2D eigenvalue weighted by Crippen LogP contribution is -2.52. The molecule has 7 rings (SSSR count). The fourth-order valence-corrected chi connectivity index (χ4v) is 12.9. The minimum atomic E-state index is -4.48. The number of alkyl carbamates (subject to hydrolysis) is 1. The molecule has 378 valence electrons. The van der Waals surface area contributed by atoms with Crippen LogP contribution in [0.3, 0.4) is 0 Å². The van der Waals surface area contributed by atoms with Crippen molar-refractivity contribution in [2.24, 2.45) is 28.4 Å². The molecule has 69 heavy (non-hydrogen) atoms. The van der Waals surface area contributed by atoms with Crippen molar-refractivity contribution in [2.45, 2.75) is 114 Å². The summed E-state index contributed by atoms with van der Waals surface area (Å²) in [7, 11) is -8.56. The monoisotopic (exact) mass is 997 g/mol. The van der Waals surface area contributed by atoms with E-state index in [0.717, 1.165) is 5.56 Å². The van der Waals surface area contributed by atoms with Crippen LogP contribution < -0.4 is 30.0 Å². The molecule has 3 aromatic carbocycles. The second-order valence-corrected chi connectivity index (χ2v) is 24.0. The summed E-state index contributed by atoms with van der Waals surface area (Å²) in [5.74, 6) is 0.854. The summed E-state index contributed by atoms with van der Waals surface area (Å²) in [6.45, 7) is 10.3. The number of rotatable bonds is 24. The SMILES string of the molecule is CC(Cc1cc(S(=O)(=O)N(C[C@@H](O)[C@H](Cc2ccccc2)NC(=O)O[C@H]2CO[C@H]3OCC[C@H]32)CC(C)(C)CCC#N)cc2c1OCO2)CN(CC(C)(C)CCCN)S(=O)(=O)c1ccc2c(c1)OCO2. The highest BCUT2D eigenvalue weighted by Gasteiger charge is 2.44. The number of nitriles is 1. The smallest absolute Gasteiger partial charge is 0.407 e. The number of fused-ring (bicyclic) bond motifs is 3. The van der Waals surface area contributed by atoms with Crippen LogP contribution in [0.1, 0.15) is 77.8 Å². The zero-order valence-corrected chi connectivity index (χ0v) is 41.8. The molecule has 3 aromatic rings. The largest absolute Gasteiger partial charge is 0.454 e. The lowest BCUT2D eigenvalue weighted by molar-refractivity contribution is -0.0907. The number of aliphatic hydroxyl groups is 1. The van der Waals surface area contributed by atoms with Crippen LogP contribution in [0.2, 0.25) is 0 Å². The maximum absolute atomic E-state index is 15.2. The van der Waals surface area contributed by atoms with Crippen molar-refractivity contribution in [2.75, 3.05) is 59.5 Å². The Bertz CT molecular complexity index is 2520. The highest BCUT2D eigenvalue weighted by atomic mass is 32.2. The van der Waals surface area contributed by atoms with Crippen molar-refractivity contribution in [3.05, 3.63) is 71.8 Å². The molecule has 2 saturated heterocycles. The highest BCUT2D eigenvalue weighted by Crippen LogP contribution is 2.42. The number of nitrogens with zero attached hydrogens (tertiary/aromatic N) is 3. The van der Waals surface area contributed by atoms with Crippen molar-refractivity contribution >= 4 is 26.1 Å². The molecule has 0 radical (unpaired) electrons. The molecule has 2 fully saturated rings. The number of benzene rings is 3. The van der Waals surface area contributed by atoms with Gasteiger partial charge in [-0.15, -0.1) is 0 Å². The first-order valence-electron chi connectivity index (χ1n) is 23.6. The second-order valence-electron chi connectivity index (χ2n) is 20.1.